The first-order valence-electron chi connectivity index (χ1n) is 5.19. The summed E-state index contributed by atoms with van der Waals surface area (Å²) in [7, 11) is 1.40. The number of aromatic nitrogens is 3. The summed E-state index contributed by atoms with van der Waals surface area (Å²) in [5.74, 6) is -0.208. The van der Waals surface area contributed by atoms with Crippen molar-refractivity contribution in [1.82, 2.24) is 20.3 Å². The third-order valence-electron chi connectivity index (χ3n) is 2.29. The maximum Gasteiger partial charge on any atom is 0.312 e. The van der Waals surface area contributed by atoms with E-state index in [9.17, 15) is 4.79 Å². The highest BCUT2D eigenvalue weighted by Crippen LogP contribution is 2.14. The van der Waals surface area contributed by atoms with Gasteiger partial charge in [0.15, 0.2) is 0 Å². The van der Waals surface area contributed by atoms with Gasteiger partial charge < -0.3 is 10.1 Å². The van der Waals surface area contributed by atoms with Crippen LogP contribution in [0.25, 0.3) is 0 Å². The first kappa shape index (κ1) is 12.6. The summed E-state index contributed by atoms with van der Waals surface area (Å²) in [6.45, 7) is 5.75. The molecule has 1 N–H and O–H groups in total. The fraction of sp³-hybridized carbons (Fsp3) is 0.700. The number of hydrogen-bond acceptors (Lipinski definition) is 5. The van der Waals surface area contributed by atoms with E-state index < -0.39 is 5.41 Å². The van der Waals surface area contributed by atoms with Gasteiger partial charge in [0.25, 0.3) is 0 Å². The molecule has 0 aliphatic rings. The zero-order valence-corrected chi connectivity index (χ0v) is 9.93. The van der Waals surface area contributed by atoms with E-state index in [1.165, 1.54) is 7.11 Å². The summed E-state index contributed by atoms with van der Waals surface area (Å²) in [6, 6.07) is 0. The van der Waals surface area contributed by atoms with E-state index in [1.807, 2.05) is 13.8 Å². The zero-order chi connectivity index (χ0) is 12.0. The molecule has 6 heteroatoms. The smallest absolute Gasteiger partial charge is 0.312 e. The Morgan fingerprint density at radius 2 is 2.31 bits per heavy atom. The van der Waals surface area contributed by atoms with Crippen LogP contribution in [0.4, 0.5) is 0 Å². The van der Waals surface area contributed by atoms with Gasteiger partial charge in [0.2, 0.25) is 0 Å². The lowest BCUT2D eigenvalue weighted by molar-refractivity contribution is -0.150. The highest BCUT2D eigenvalue weighted by molar-refractivity contribution is 5.75. The van der Waals surface area contributed by atoms with E-state index in [2.05, 4.69) is 15.6 Å². The molecule has 1 aromatic heterocycles. The molecule has 0 atom stereocenters. The van der Waals surface area contributed by atoms with Crippen LogP contribution in [0.1, 0.15) is 13.8 Å². The molecule has 0 amide bonds. The quantitative estimate of drug-likeness (QED) is 0.549. The minimum absolute atomic E-state index is 0.208. The predicted octanol–water partition coefficient (Wildman–Crippen LogP) is 0.0669. The molecule has 0 aliphatic carbocycles. The van der Waals surface area contributed by atoms with Gasteiger partial charge in [0.1, 0.15) is 0 Å². The third kappa shape index (κ3) is 3.62. The molecule has 0 fully saturated rings. The van der Waals surface area contributed by atoms with Crippen molar-refractivity contribution in [3.8, 4) is 0 Å². The lowest BCUT2D eigenvalue weighted by Crippen LogP contribution is -2.38. The molecular formula is C10H18N4O2. The number of hydrogen-bond donors (Lipinski definition) is 1. The monoisotopic (exact) mass is 226 g/mol. The van der Waals surface area contributed by atoms with Crippen molar-refractivity contribution in [3.63, 3.8) is 0 Å². The molecule has 0 radical (unpaired) electrons. The molecular weight excluding hydrogens is 208 g/mol. The van der Waals surface area contributed by atoms with E-state index in [0.29, 0.717) is 6.54 Å². The van der Waals surface area contributed by atoms with E-state index in [-0.39, 0.29) is 5.97 Å². The molecule has 0 saturated heterocycles. The molecule has 0 unspecified atom stereocenters. The van der Waals surface area contributed by atoms with Crippen LogP contribution in [0.15, 0.2) is 12.4 Å². The second-order valence-corrected chi connectivity index (χ2v) is 4.22. The Bertz CT molecular complexity index is 322. The first-order chi connectivity index (χ1) is 7.56. The SMILES string of the molecule is COC(=O)C(C)(C)CNCCn1ccnn1. The van der Waals surface area contributed by atoms with Crippen LogP contribution in [0.5, 0.6) is 0 Å². The summed E-state index contributed by atoms with van der Waals surface area (Å²) in [6.07, 6.45) is 3.44. The van der Waals surface area contributed by atoms with Crippen LogP contribution < -0.4 is 5.32 Å². The summed E-state index contributed by atoms with van der Waals surface area (Å²) in [5.41, 5.74) is -0.503. The number of nitrogens with one attached hydrogen (secondary N) is 1. The average molecular weight is 226 g/mol. The molecule has 1 aromatic rings. The normalized spacial score (nSPS) is 11.4. The van der Waals surface area contributed by atoms with Gasteiger partial charge in [-0.2, -0.15) is 0 Å². The number of nitrogens with zero attached hydrogens (tertiary/aromatic N) is 3. The van der Waals surface area contributed by atoms with Crippen molar-refractivity contribution >= 4 is 5.97 Å². The summed E-state index contributed by atoms with van der Waals surface area (Å²) in [5, 5.41) is 10.7. The number of rotatable bonds is 6. The van der Waals surface area contributed by atoms with Gasteiger partial charge in [-0.15, -0.1) is 5.10 Å². The van der Waals surface area contributed by atoms with E-state index in [0.717, 1.165) is 13.1 Å². The minimum Gasteiger partial charge on any atom is -0.469 e. The van der Waals surface area contributed by atoms with E-state index in [1.54, 1.807) is 17.1 Å². The predicted molar refractivity (Wildman–Crippen MR) is 58.7 cm³/mol. The van der Waals surface area contributed by atoms with Crippen molar-refractivity contribution in [2.24, 2.45) is 5.41 Å². The number of carbonyl (C=O) groups is 1. The standard InChI is InChI=1S/C10H18N4O2/c1-10(2,9(15)16-3)8-11-4-6-14-7-5-12-13-14/h5,7,11H,4,6,8H2,1-3H3. The molecule has 90 valence electrons. The van der Waals surface area contributed by atoms with Crippen LogP contribution in [0.2, 0.25) is 0 Å². The van der Waals surface area contributed by atoms with Gasteiger partial charge in [-0.1, -0.05) is 5.21 Å². The Morgan fingerprint density at radius 3 is 2.88 bits per heavy atom. The molecule has 0 saturated carbocycles. The molecule has 0 bridgehead atoms. The highest BCUT2D eigenvalue weighted by atomic mass is 16.5. The summed E-state index contributed by atoms with van der Waals surface area (Å²) >= 11 is 0. The van der Waals surface area contributed by atoms with Crippen molar-refractivity contribution in [1.29, 1.82) is 0 Å². The lowest BCUT2D eigenvalue weighted by atomic mass is 9.94. The second-order valence-electron chi connectivity index (χ2n) is 4.22. The molecule has 16 heavy (non-hydrogen) atoms. The van der Waals surface area contributed by atoms with Crippen LogP contribution in [0.3, 0.4) is 0 Å². The summed E-state index contributed by atoms with van der Waals surface area (Å²) < 4.78 is 6.45. The van der Waals surface area contributed by atoms with Crippen LogP contribution >= 0.6 is 0 Å². The fourth-order valence-corrected chi connectivity index (χ4v) is 1.29. The minimum atomic E-state index is -0.503. The van der Waals surface area contributed by atoms with Crippen molar-refractivity contribution in [3.05, 3.63) is 12.4 Å². The Hall–Kier alpha value is -1.43. The highest BCUT2D eigenvalue weighted by Gasteiger charge is 2.27. The summed E-state index contributed by atoms with van der Waals surface area (Å²) in [4.78, 5) is 11.4. The Balaban J connectivity index is 2.22. The van der Waals surface area contributed by atoms with Crippen LogP contribution in [-0.4, -0.2) is 41.2 Å². The second kappa shape index (κ2) is 5.60. The Morgan fingerprint density at radius 1 is 1.56 bits per heavy atom. The molecule has 0 spiro atoms. The van der Waals surface area contributed by atoms with Crippen molar-refractivity contribution < 1.29 is 9.53 Å². The van der Waals surface area contributed by atoms with Gasteiger partial charge in [0, 0.05) is 19.3 Å². The van der Waals surface area contributed by atoms with E-state index >= 15 is 0 Å². The first-order valence-corrected chi connectivity index (χ1v) is 5.19. The largest absolute Gasteiger partial charge is 0.469 e. The average Bonchev–Trinajstić information content (AvgIpc) is 2.76. The topological polar surface area (TPSA) is 69.0 Å². The van der Waals surface area contributed by atoms with Gasteiger partial charge in [-0.25, -0.2) is 0 Å². The van der Waals surface area contributed by atoms with Gasteiger partial charge in [0.05, 0.1) is 25.3 Å². The maximum atomic E-state index is 11.4. The fourth-order valence-electron chi connectivity index (χ4n) is 1.29. The number of methoxy groups -OCH3 is 1. The van der Waals surface area contributed by atoms with Gasteiger partial charge in [-0.05, 0) is 13.8 Å². The molecule has 1 rings (SSSR count). The van der Waals surface area contributed by atoms with Crippen LogP contribution in [0, 0.1) is 5.41 Å². The Kier molecular flexibility index (Phi) is 4.42. The number of carbonyl (C=O) groups excluding carboxylic acids is 1. The van der Waals surface area contributed by atoms with Crippen molar-refractivity contribution in [2.45, 2.75) is 20.4 Å². The lowest BCUT2D eigenvalue weighted by Gasteiger charge is -2.21. The maximum absolute atomic E-state index is 11.4. The Labute approximate surface area is 95.0 Å². The number of esters is 1. The van der Waals surface area contributed by atoms with Crippen molar-refractivity contribution in [2.75, 3.05) is 20.2 Å². The molecule has 6 nitrogen and oxygen atoms in total. The van der Waals surface area contributed by atoms with E-state index in [4.69, 9.17) is 4.74 Å². The number of ether oxygens (including phenoxy) is 1. The zero-order valence-electron chi connectivity index (χ0n) is 9.93. The van der Waals surface area contributed by atoms with Gasteiger partial charge >= 0.3 is 5.97 Å². The molecule has 1 heterocycles. The molecule has 0 aromatic carbocycles. The molecule has 0 aliphatic heterocycles. The third-order valence-corrected chi connectivity index (χ3v) is 2.29. The van der Waals surface area contributed by atoms with Crippen LogP contribution in [-0.2, 0) is 16.1 Å². The van der Waals surface area contributed by atoms with Gasteiger partial charge in [-0.3, -0.25) is 9.48 Å².